The highest BCUT2D eigenvalue weighted by atomic mass is 19.4. The second-order valence-electron chi connectivity index (χ2n) is 7.62. The molecule has 0 radical (unpaired) electrons. The summed E-state index contributed by atoms with van der Waals surface area (Å²) in [4.78, 5) is 22.4. The molecule has 0 spiro atoms. The Labute approximate surface area is 208 Å². The first-order valence-electron chi connectivity index (χ1n) is 10.9. The molecule has 1 N–H and O–H groups in total. The highest BCUT2D eigenvalue weighted by Gasteiger charge is 2.33. The van der Waals surface area contributed by atoms with Gasteiger partial charge in [0.1, 0.15) is 12.4 Å². The lowest BCUT2D eigenvalue weighted by molar-refractivity contribution is -0.385. The van der Waals surface area contributed by atoms with Crippen LogP contribution in [0.4, 0.5) is 23.2 Å². The van der Waals surface area contributed by atoms with Gasteiger partial charge in [-0.25, -0.2) is 9.82 Å². The van der Waals surface area contributed by atoms with Gasteiger partial charge < -0.3 is 9.47 Å². The van der Waals surface area contributed by atoms with Gasteiger partial charge in [-0.3, -0.25) is 14.9 Å². The lowest BCUT2D eigenvalue weighted by Gasteiger charge is -2.12. The van der Waals surface area contributed by atoms with Gasteiger partial charge in [0.15, 0.2) is 11.5 Å². The van der Waals surface area contributed by atoms with Gasteiger partial charge in [-0.1, -0.05) is 18.2 Å². The minimum absolute atomic E-state index is 0.180. The van der Waals surface area contributed by atoms with Gasteiger partial charge in [0, 0.05) is 11.6 Å². The fraction of sp³-hybridized carbons (Fsp3) is 0.200. The van der Waals surface area contributed by atoms with E-state index in [2.05, 4.69) is 10.5 Å². The molecule has 0 saturated carbocycles. The summed E-state index contributed by atoms with van der Waals surface area (Å²) in [7, 11) is 0. The molecule has 37 heavy (non-hydrogen) atoms. The lowest BCUT2D eigenvalue weighted by Crippen LogP contribution is -2.20. The van der Waals surface area contributed by atoms with Crippen LogP contribution in [0.1, 0.15) is 29.2 Å². The standard InChI is InChI=1S/C25H21F4N3O5/c1-2-36-23-11-17(5-10-22(23)37-15-16-3-8-20(26)9-4-16)14-30-31-24(33)12-18-6-7-19(25(27,28)29)13-21(18)32(34)35/h3-11,13-14H,2,12,15H2,1H3,(H,31,33)/b30-14-. The maximum Gasteiger partial charge on any atom is 0.416 e. The van der Waals surface area contributed by atoms with Gasteiger partial charge >= 0.3 is 6.18 Å². The number of nitro groups is 1. The molecule has 0 fully saturated rings. The van der Waals surface area contributed by atoms with Crippen LogP contribution in [-0.2, 0) is 24.0 Å². The van der Waals surface area contributed by atoms with Gasteiger partial charge in [0.25, 0.3) is 5.69 Å². The van der Waals surface area contributed by atoms with Crippen molar-refractivity contribution in [1.82, 2.24) is 5.43 Å². The van der Waals surface area contributed by atoms with E-state index in [0.717, 1.165) is 11.6 Å². The number of carbonyl (C=O) groups excluding carboxylic acids is 1. The van der Waals surface area contributed by atoms with Crippen LogP contribution >= 0.6 is 0 Å². The Morgan fingerprint density at radius 3 is 2.43 bits per heavy atom. The Hall–Kier alpha value is -4.48. The quantitative estimate of drug-likeness (QED) is 0.167. The van der Waals surface area contributed by atoms with Gasteiger partial charge in [0.05, 0.1) is 29.7 Å². The number of hydrogen-bond donors (Lipinski definition) is 1. The average Bonchev–Trinajstić information content (AvgIpc) is 2.84. The molecule has 8 nitrogen and oxygen atoms in total. The van der Waals surface area contributed by atoms with E-state index in [1.807, 2.05) is 0 Å². The van der Waals surface area contributed by atoms with Crippen molar-refractivity contribution in [2.75, 3.05) is 6.61 Å². The molecule has 0 saturated heterocycles. The highest BCUT2D eigenvalue weighted by Crippen LogP contribution is 2.33. The van der Waals surface area contributed by atoms with E-state index < -0.39 is 34.7 Å². The molecule has 0 aliphatic heterocycles. The molecule has 0 unspecified atom stereocenters. The number of hydrazone groups is 1. The molecule has 0 aliphatic rings. The van der Waals surface area contributed by atoms with E-state index in [-0.39, 0.29) is 18.0 Å². The Morgan fingerprint density at radius 2 is 1.78 bits per heavy atom. The molecular weight excluding hydrogens is 498 g/mol. The second-order valence-corrected chi connectivity index (χ2v) is 7.62. The summed E-state index contributed by atoms with van der Waals surface area (Å²) >= 11 is 0. The zero-order chi connectivity index (χ0) is 27.0. The molecule has 0 atom stereocenters. The zero-order valence-electron chi connectivity index (χ0n) is 19.4. The third kappa shape index (κ3) is 7.75. The Balaban J connectivity index is 1.65. The number of alkyl halides is 3. The number of hydrogen-bond acceptors (Lipinski definition) is 6. The summed E-state index contributed by atoms with van der Waals surface area (Å²) in [5.41, 5.74) is 1.29. The smallest absolute Gasteiger partial charge is 0.416 e. The van der Waals surface area contributed by atoms with Crippen molar-refractivity contribution in [2.45, 2.75) is 26.1 Å². The van der Waals surface area contributed by atoms with Gasteiger partial charge in [-0.15, -0.1) is 0 Å². The van der Waals surface area contributed by atoms with E-state index in [0.29, 0.717) is 35.8 Å². The summed E-state index contributed by atoms with van der Waals surface area (Å²) in [6.45, 7) is 2.31. The molecule has 0 heterocycles. The van der Waals surface area contributed by atoms with Crippen LogP contribution in [0.2, 0.25) is 0 Å². The van der Waals surface area contributed by atoms with Crippen molar-refractivity contribution in [3.63, 3.8) is 0 Å². The molecule has 194 valence electrons. The fourth-order valence-electron chi connectivity index (χ4n) is 3.19. The zero-order valence-corrected chi connectivity index (χ0v) is 19.4. The normalized spacial score (nSPS) is 11.4. The Bertz CT molecular complexity index is 1290. The maximum absolute atomic E-state index is 13.1. The number of amides is 1. The van der Waals surface area contributed by atoms with Crippen LogP contribution in [0.25, 0.3) is 0 Å². The molecule has 0 aliphatic carbocycles. The summed E-state index contributed by atoms with van der Waals surface area (Å²) in [6, 6.07) is 12.7. The highest BCUT2D eigenvalue weighted by molar-refractivity contribution is 5.84. The fourth-order valence-corrected chi connectivity index (χ4v) is 3.19. The number of halogens is 4. The molecule has 3 rings (SSSR count). The molecule has 1 amide bonds. The van der Waals surface area contributed by atoms with Crippen molar-refractivity contribution in [1.29, 1.82) is 0 Å². The van der Waals surface area contributed by atoms with E-state index in [4.69, 9.17) is 9.47 Å². The average molecular weight is 519 g/mol. The van der Waals surface area contributed by atoms with Gasteiger partial charge in [-0.2, -0.15) is 18.3 Å². The number of nitro benzene ring substituents is 1. The van der Waals surface area contributed by atoms with Crippen LogP contribution in [0.5, 0.6) is 11.5 Å². The van der Waals surface area contributed by atoms with E-state index >= 15 is 0 Å². The van der Waals surface area contributed by atoms with Gasteiger partial charge in [0.2, 0.25) is 5.91 Å². The van der Waals surface area contributed by atoms with Crippen molar-refractivity contribution < 1.29 is 36.8 Å². The molecule has 0 aromatic heterocycles. The molecule has 3 aromatic carbocycles. The second kappa shape index (κ2) is 12.0. The van der Waals surface area contributed by atoms with Crippen LogP contribution in [0.15, 0.2) is 65.8 Å². The maximum atomic E-state index is 13.1. The van der Waals surface area contributed by atoms with Crippen molar-refractivity contribution in [3.05, 3.63) is 98.8 Å². The molecule has 12 heteroatoms. The predicted molar refractivity (Wildman–Crippen MR) is 126 cm³/mol. The largest absolute Gasteiger partial charge is 0.490 e. The van der Waals surface area contributed by atoms with Crippen molar-refractivity contribution in [2.24, 2.45) is 5.10 Å². The number of rotatable bonds is 10. The first kappa shape index (κ1) is 27.1. The first-order valence-corrected chi connectivity index (χ1v) is 10.9. The summed E-state index contributed by atoms with van der Waals surface area (Å²) in [5.74, 6) is -0.280. The SMILES string of the molecule is CCOc1cc(/C=N\NC(=O)Cc2ccc(C(F)(F)F)cc2[N+](=O)[O-])ccc1OCc1ccc(F)cc1. The Kier molecular flexibility index (Phi) is 8.77. The summed E-state index contributed by atoms with van der Waals surface area (Å²) in [6.07, 6.45) is -4.00. The van der Waals surface area contributed by atoms with Crippen LogP contribution in [-0.4, -0.2) is 23.7 Å². The molecular formula is C25H21F4N3O5. The topological polar surface area (TPSA) is 103 Å². The van der Waals surface area contributed by atoms with Crippen LogP contribution in [0.3, 0.4) is 0 Å². The third-order valence-corrected chi connectivity index (χ3v) is 4.94. The van der Waals surface area contributed by atoms with Crippen LogP contribution in [0, 0.1) is 15.9 Å². The third-order valence-electron chi connectivity index (χ3n) is 4.94. The number of nitrogens with one attached hydrogen (secondary N) is 1. The number of nitrogens with zero attached hydrogens (tertiary/aromatic N) is 2. The van der Waals surface area contributed by atoms with E-state index in [1.165, 1.54) is 18.3 Å². The number of benzene rings is 3. The van der Waals surface area contributed by atoms with E-state index in [9.17, 15) is 32.5 Å². The van der Waals surface area contributed by atoms with Crippen molar-refractivity contribution in [3.8, 4) is 11.5 Å². The lowest BCUT2D eigenvalue weighted by atomic mass is 10.1. The molecule has 0 bridgehead atoms. The molecule has 3 aromatic rings. The summed E-state index contributed by atoms with van der Waals surface area (Å²) < 4.78 is 62.9. The monoisotopic (exact) mass is 519 g/mol. The minimum atomic E-state index is -4.75. The van der Waals surface area contributed by atoms with Crippen molar-refractivity contribution >= 4 is 17.8 Å². The van der Waals surface area contributed by atoms with Crippen LogP contribution < -0.4 is 14.9 Å². The first-order chi connectivity index (χ1) is 17.6. The minimum Gasteiger partial charge on any atom is -0.490 e. The number of carbonyl (C=O) groups is 1. The summed E-state index contributed by atoms with van der Waals surface area (Å²) in [5, 5.41) is 15.0. The van der Waals surface area contributed by atoms with Gasteiger partial charge in [-0.05, 0) is 54.4 Å². The van der Waals surface area contributed by atoms with E-state index in [1.54, 1.807) is 37.3 Å². The number of ether oxygens (including phenoxy) is 2. The Morgan fingerprint density at radius 1 is 1.05 bits per heavy atom. The predicted octanol–water partition coefficient (Wildman–Crippen LogP) is 5.42.